The number of hydrogen-bond acceptors (Lipinski definition) is 3. The third-order valence-corrected chi connectivity index (χ3v) is 4.84. The number of carbonyl (C=O) groups excluding carboxylic acids is 1. The van der Waals surface area contributed by atoms with Crippen LogP contribution in [-0.4, -0.2) is 33.7 Å². The molecule has 0 spiro atoms. The summed E-state index contributed by atoms with van der Waals surface area (Å²) in [6, 6.07) is 5.98. The standard InChI is InChI=1S/C15H19N3OS/c1-11-5-7-18(8-6-11)15(19)12-10-13(17(2)16-12)14-4-3-9-20-14/h3-4,9-11H,5-8H2,1-2H3. The number of likely N-dealkylation sites (tertiary alicyclic amines) is 1. The molecule has 20 heavy (non-hydrogen) atoms. The number of carbonyl (C=O) groups is 1. The fraction of sp³-hybridized carbons (Fsp3) is 0.467. The Kier molecular flexibility index (Phi) is 3.61. The van der Waals surface area contributed by atoms with Gasteiger partial charge in [0.2, 0.25) is 0 Å². The van der Waals surface area contributed by atoms with Crippen LogP contribution in [0.3, 0.4) is 0 Å². The van der Waals surface area contributed by atoms with Crippen LogP contribution >= 0.6 is 11.3 Å². The van der Waals surface area contributed by atoms with E-state index in [0.29, 0.717) is 5.69 Å². The molecule has 5 heteroatoms. The van der Waals surface area contributed by atoms with Gasteiger partial charge in [0.05, 0.1) is 10.6 Å². The zero-order valence-corrected chi connectivity index (χ0v) is 12.7. The van der Waals surface area contributed by atoms with Crippen molar-refractivity contribution in [2.75, 3.05) is 13.1 Å². The lowest BCUT2D eigenvalue weighted by atomic mass is 9.99. The molecule has 0 unspecified atom stereocenters. The van der Waals surface area contributed by atoms with Gasteiger partial charge in [-0.15, -0.1) is 11.3 Å². The molecule has 2 aromatic heterocycles. The van der Waals surface area contributed by atoms with Gasteiger partial charge in [0.1, 0.15) is 0 Å². The third-order valence-electron chi connectivity index (χ3n) is 3.94. The second-order valence-electron chi connectivity index (χ2n) is 5.49. The number of aryl methyl sites for hydroxylation is 1. The van der Waals surface area contributed by atoms with E-state index >= 15 is 0 Å². The quantitative estimate of drug-likeness (QED) is 0.852. The molecule has 1 saturated heterocycles. The summed E-state index contributed by atoms with van der Waals surface area (Å²) >= 11 is 1.67. The first kappa shape index (κ1) is 13.4. The minimum Gasteiger partial charge on any atom is -0.337 e. The van der Waals surface area contributed by atoms with E-state index in [2.05, 4.69) is 18.1 Å². The summed E-state index contributed by atoms with van der Waals surface area (Å²) in [5, 5.41) is 6.43. The van der Waals surface area contributed by atoms with E-state index in [9.17, 15) is 4.79 Å². The molecule has 0 saturated carbocycles. The summed E-state index contributed by atoms with van der Waals surface area (Å²) < 4.78 is 1.80. The van der Waals surface area contributed by atoms with E-state index in [-0.39, 0.29) is 5.91 Å². The monoisotopic (exact) mass is 289 g/mol. The molecule has 0 aliphatic carbocycles. The number of nitrogens with zero attached hydrogens (tertiary/aromatic N) is 3. The van der Waals surface area contributed by atoms with Gasteiger partial charge in [-0.1, -0.05) is 13.0 Å². The van der Waals surface area contributed by atoms with Crippen LogP contribution in [0, 0.1) is 5.92 Å². The molecule has 1 amide bonds. The lowest BCUT2D eigenvalue weighted by molar-refractivity contribution is 0.0690. The van der Waals surface area contributed by atoms with Crippen molar-refractivity contribution in [3.8, 4) is 10.6 Å². The number of hydrogen-bond donors (Lipinski definition) is 0. The summed E-state index contributed by atoms with van der Waals surface area (Å²) in [5.41, 5.74) is 1.57. The van der Waals surface area contributed by atoms with Crippen LogP contribution in [0.15, 0.2) is 23.6 Å². The van der Waals surface area contributed by atoms with E-state index in [4.69, 9.17) is 0 Å². The Balaban J connectivity index is 1.81. The van der Waals surface area contributed by atoms with Gasteiger partial charge in [0.15, 0.2) is 5.69 Å². The minimum atomic E-state index is 0.0651. The maximum atomic E-state index is 12.5. The van der Waals surface area contributed by atoms with Gasteiger partial charge in [-0.2, -0.15) is 5.10 Å². The fourth-order valence-corrected chi connectivity index (χ4v) is 3.37. The summed E-state index contributed by atoms with van der Waals surface area (Å²) in [6.45, 7) is 3.95. The first-order valence-electron chi connectivity index (χ1n) is 7.02. The van der Waals surface area contributed by atoms with Crippen molar-refractivity contribution in [2.24, 2.45) is 13.0 Å². The second-order valence-corrected chi connectivity index (χ2v) is 6.44. The molecule has 3 heterocycles. The van der Waals surface area contributed by atoms with Crippen molar-refractivity contribution in [2.45, 2.75) is 19.8 Å². The lowest BCUT2D eigenvalue weighted by Gasteiger charge is -2.29. The zero-order valence-electron chi connectivity index (χ0n) is 11.9. The van der Waals surface area contributed by atoms with Crippen LogP contribution in [0.2, 0.25) is 0 Å². The zero-order chi connectivity index (χ0) is 14.1. The summed E-state index contributed by atoms with van der Waals surface area (Å²) in [6.07, 6.45) is 2.19. The average molecular weight is 289 g/mol. The van der Waals surface area contributed by atoms with E-state index in [1.54, 1.807) is 16.0 Å². The van der Waals surface area contributed by atoms with Gasteiger partial charge in [-0.25, -0.2) is 0 Å². The number of thiophene rings is 1. The van der Waals surface area contributed by atoms with Crippen LogP contribution in [-0.2, 0) is 7.05 Å². The van der Waals surface area contributed by atoms with Gasteiger partial charge in [0, 0.05) is 20.1 Å². The number of rotatable bonds is 2. The predicted molar refractivity (Wildman–Crippen MR) is 80.8 cm³/mol. The van der Waals surface area contributed by atoms with Gasteiger partial charge >= 0.3 is 0 Å². The van der Waals surface area contributed by atoms with Gasteiger partial charge in [0.25, 0.3) is 5.91 Å². The first-order chi connectivity index (χ1) is 9.65. The summed E-state index contributed by atoms with van der Waals surface area (Å²) in [4.78, 5) is 15.6. The van der Waals surface area contributed by atoms with Crippen molar-refractivity contribution in [3.63, 3.8) is 0 Å². The Bertz CT molecular complexity index is 595. The Labute approximate surface area is 123 Å². The highest BCUT2D eigenvalue weighted by Crippen LogP contribution is 2.26. The molecule has 1 aliphatic heterocycles. The van der Waals surface area contributed by atoms with Crippen LogP contribution in [0.5, 0.6) is 0 Å². The minimum absolute atomic E-state index is 0.0651. The van der Waals surface area contributed by atoms with Gasteiger partial charge in [-0.3, -0.25) is 9.48 Å². The smallest absolute Gasteiger partial charge is 0.274 e. The van der Waals surface area contributed by atoms with Gasteiger partial charge < -0.3 is 4.90 Å². The van der Waals surface area contributed by atoms with Crippen molar-refractivity contribution in [1.82, 2.24) is 14.7 Å². The average Bonchev–Trinajstić information content (AvgIpc) is 3.07. The van der Waals surface area contributed by atoms with Crippen molar-refractivity contribution in [3.05, 3.63) is 29.3 Å². The topological polar surface area (TPSA) is 38.1 Å². The van der Waals surface area contributed by atoms with Gasteiger partial charge in [-0.05, 0) is 36.3 Å². The molecule has 0 radical (unpaired) electrons. The largest absolute Gasteiger partial charge is 0.337 e. The highest BCUT2D eigenvalue weighted by atomic mass is 32.1. The SMILES string of the molecule is CC1CCN(C(=O)c2cc(-c3cccs3)n(C)n2)CC1. The number of piperidine rings is 1. The highest BCUT2D eigenvalue weighted by Gasteiger charge is 2.24. The molecule has 0 N–H and O–H groups in total. The van der Waals surface area contributed by atoms with Crippen LogP contribution in [0.4, 0.5) is 0 Å². The second kappa shape index (κ2) is 5.40. The molecule has 0 aromatic carbocycles. The van der Waals surface area contributed by atoms with Crippen LogP contribution < -0.4 is 0 Å². The summed E-state index contributed by atoms with van der Waals surface area (Å²) in [7, 11) is 1.89. The van der Waals surface area contributed by atoms with E-state index < -0.39 is 0 Å². The molecule has 1 aliphatic rings. The molecule has 0 bridgehead atoms. The molecule has 1 fully saturated rings. The Morgan fingerprint density at radius 2 is 2.15 bits per heavy atom. The maximum Gasteiger partial charge on any atom is 0.274 e. The predicted octanol–water partition coefficient (Wildman–Crippen LogP) is 3.02. The van der Waals surface area contributed by atoms with Crippen molar-refractivity contribution < 1.29 is 4.79 Å². The van der Waals surface area contributed by atoms with Crippen molar-refractivity contribution in [1.29, 1.82) is 0 Å². The molecule has 2 aromatic rings. The summed E-state index contributed by atoms with van der Waals surface area (Å²) in [5.74, 6) is 0.791. The Morgan fingerprint density at radius 3 is 2.80 bits per heavy atom. The third kappa shape index (κ3) is 2.50. The molecule has 0 atom stereocenters. The molecule has 4 nitrogen and oxygen atoms in total. The molecular formula is C15H19N3OS. The fourth-order valence-electron chi connectivity index (χ4n) is 2.60. The molecule has 106 valence electrons. The van der Waals surface area contributed by atoms with E-state index in [0.717, 1.165) is 42.4 Å². The number of amides is 1. The van der Waals surface area contributed by atoms with Crippen molar-refractivity contribution >= 4 is 17.2 Å². The highest BCUT2D eigenvalue weighted by molar-refractivity contribution is 7.13. The lowest BCUT2D eigenvalue weighted by Crippen LogP contribution is -2.38. The first-order valence-corrected chi connectivity index (χ1v) is 7.90. The van der Waals surface area contributed by atoms with Crippen LogP contribution in [0.1, 0.15) is 30.3 Å². The molecule has 3 rings (SSSR count). The Morgan fingerprint density at radius 1 is 1.40 bits per heavy atom. The van der Waals surface area contributed by atoms with E-state index in [1.165, 1.54) is 0 Å². The van der Waals surface area contributed by atoms with Crippen LogP contribution in [0.25, 0.3) is 10.6 Å². The number of aromatic nitrogens is 2. The van der Waals surface area contributed by atoms with E-state index in [1.807, 2.05) is 29.5 Å². The molecular weight excluding hydrogens is 270 g/mol. The normalized spacial score (nSPS) is 16.6. The Hall–Kier alpha value is -1.62. The maximum absolute atomic E-state index is 12.5.